The zero-order chi connectivity index (χ0) is 10.4. The van der Waals surface area contributed by atoms with Gasteiger partial charge < -0.3 is 4.74 Å². The van der Waals surface area contributed by atoms with Gasteiger partial charge in [0.1, 0.15) is 0 Å². The van der Waals surface area contributed by atoms with Gasteiger partial charge in [0.25, 0.3) is 0 Å². The van der Waals surface area contributed by atoms with Crippen LogP contribution in [-0.4, -0.2) is 16.9 Å². The van der Waals surface area contributed by atoms with Crippen LogP contribution < -0.4 is 4.74 Å². The molecule has 0 aliphatic carbocycles. The molecule has 0 N–H and O–H groups in total. The van der Waals surface area contributed by atoms with Gasteiger partial charge in [0.05, 0.1) is 12.8 Å². The van der Waals surface area contributed by atoms with Crippen molar-refractivity contribution in [2.75, 3.05) is 7.11 Å². The maximum atomic E-state index is 12.0. The third-order valence-corrected chi connectivity index (χ3v) is 1.22. The molecule has 3 nitrogen and oxygen atoms in total. The maximum absolute atomic E-state index is 12.0. The number of aryl methyl sites for hydroxylation is 1. The molecule has 0 radical (unpaired) electrons. The van der Waals surface area contributed by atoms with Crippen LogP contribution in [0, 0.1) is 6.92 Å². The molecular weight excluding hydrogens is 178 g/mol. The number of ether oxygens (including phenoxy) is 1. The first-order valence-electron chi connectivity index (χ1n) is 4.03. The van der Waals surface area contributed by atoms with Gasteiger partial charge in [-0.05, 0) is 6.92 Å². The highest BCUT2D eigenvalue weighted by molar-refractivity contribution is 5.14. The van der Waals surface area contributed by atoms with E-state index < -0.39 is 6.55 Å². The Bertz CT molecular complexity index is 248. The molecule has 0 aliphatic heterocycles. The van der Waals surface area contributed by atoms with Crippen LogP contribution in [-0.2, 0) is 0 Å². The number of nitrogens with zero attached hydrogens (tertiary/aromatic N) is 2. The Kier molecular flexibility index (Phi) is 5.03. The lowest BCUT2D eigenvalue weighted by Gasteiger charge is -2.02. The highest BCUT2D eigenvalue weighted by Crippen LogP contribution is 2.19. The minimum Gasteiger partial charge on any atom is -0.481 e. The normalized spacial score (nSPS) is 9.46. The smallest absolute Gasteiger partial charge is 0.336 e. The van der Waals surface area contributed by atoms with Crippen molar-refractivity contribution in [1.82, 2.24) is 9.78 Å². The summed E-state index contributed by atoms with van der Waals surface area (Å²) in [5.74, 6) is 0.0810. The fourth-order valence-corrected chi connectivity index (χ4v) is 0.785. The zero-order valence-electron chi connectivity index (χ0n) is 8.21. The highest BCUT2D eigenvalue weighted by Gasteiger charge is 2.13. The van der Waals surface area contributed by atoms with Crippen LogP contribution in [0.1, 0.15) is 26.1 Å². The van der Waals surface area contributed by atoms with Crippen LogP contribution in [0.5, 0.6) is 5.88 Å². The van der Waals surface area contributed by atoms with E-state index in [4.69, 9.17) is 0 Å². The van der Waals surface area contributed by atoms with E-state index in [9.17, 15) is 8.78 Å². The first-order chi connectivity index (χ1) is 6.15. The lowest BCUT2D eigenvalue weighted by Crippen LogP contribution is -2.02. The predicted octanol–water partition coefficient (Wildman–Crippen LogP) is 2.62. The Labute approximate surface area is 76.3 Å². The summed E-state index contributed by atoms with van der Waals surface area (Å²) in [5, 5.41) is 3.52. The van der Waals surface area contributed by atoms with Gasteiger partial charge in [-0.25, -0.2) is 0 Å². The molecule has 0 fully saturated rings. The summed E-state index contributed by atoms with van der Waals surface area (Å²) in [7, 11) is 1.33. The summed E-state index contributed by atoms with van der Waals surface area (Å²) in [4.78, 5) is 0. The minimum atomic E-state index is -2.64. The number of hydrogen-bond donors (Lipinski definition) is 0. The van der Waals surface area contributed by atoms with Crippen molar-refractivity contribution in [2.24, 2.45) is 0 Å². The number of aromatic nitrogens is 2. The van der Waals surface area contributed by atoms with Crippen LogP contribution in [0.3, 0.4) is 0 Å². The molecule has 0 aromatic carbocycles. The van der Waals surface area contributed by atoms with Crippen LogP contribution in [0.25, 0.3) is 0 Å². The van der Waals surface area contributed by atoms with Crippen LogP contribution in [0.4, 0.5) is 8.78 Å². The van der Waals surface area contributed by atoms with Crippen LogP contribution in [0.15, 0.2) is 6.07 Å². The fraction of sp³-hybridized carbons (Fsp3) is 0.625. The average molecular weight is 192 g/mol. The first-order valence-corrected chi connectivity index (χ1v) is 4.03. The van der Waals surface area contributed by atoms with Crippen molar-refractivity contribution in [3.63, 3.8) is 0 Å². The van der Waals surface area contributed by atoms with E-state index >= 15 is 0 Å². The van der Waals surface area contributed by atoms with Crippen molar-refractivity contribution in [3.8, 4) is 5.88 Å². The summed E-state index contributed by atoms with van der Waals surface area (Å²) < 4.78 is 29.3. The van der Waals surface area contributed by atoms with Gasteiger partial charge in [-0.1, -0.05) is 13.8 Å². The first kappa shape index (κ1) is 11.9. The Hall–Kier alpha value is -1.13. The number of alkyl halides is 2. The molecule has 1 heterocycles. The summed E-state index contributed by atoms with van der Waals surface area (Å²) in [6.07, 6.45) is 0. The van der Waals surface area contributed by atoms with Gasteiger partial charge in [-0.2, -0.15) is 18.6 Å². The van der Waals surface area contributed by atoms with E-state index in [-0.39, 0.29) is 5.88 Å². The molecule has 0 saturated carbocycles. The molecule has 1 aromatic rings. The molecule has 0 atom stereocenters. The van der Waals surface area contributed by atoms with Crippen LogP contribution >= 0.6 is 0 Å². The van der Waals surface area contributed by atoms with Gasteiger partial charge >= 0.3 is 6.55 Å². The van der Waals surface area contributed by atoms with Gasteiger partial charge in [0, 0.05) is 6.07 Å². The predicted molar refractivity (Wildman–Crippen MR) is 46.1 cm³/mol. The highest BCUT2D eigenvalue weighted by atomic mass is 19.3. The van der Waals surface area contributed by atoms with Gasteiger partial charge in [0.15, 0.2) is 0 Å². The summed E-state index contributed by atoms with van der Waals surface area (Å²) in [5.41, 5.74) is 0.516. The van der Waals surface area contributed by atoms with Crippen molar-refractivity contribution in [3.05, 3.63) is 11.8 Å². The Balaban J connectivity index is 0.000000671. The Morgan fingerprint density at radius 2 is 2.00 bits per heavy atom. The minimum absolute atomic E-state index is 0.0810. The third kappa shape index (κ3) is 3.01. The van der Waals surface area contributed by atoms with E-state index in [1.807, 2.05) is 13.8 Å². The van der Waals surface area contributed by atoms with Gasteiger partial charge in [-0.3, -0.25) is 0 Å². The quantitative estimate of drug-likeness (QED) is 0.720. The molecule has 5 heteroatoms. The lowest BCUT2D eigenvalue weighted by molar-refractivity contribution is 0.0476. The van der Waals surface area contributed by atoms with E-state index in [2.05, 4.69) is 9.84 Å². The van der Waals surface area contributed by atoms with Crippen molar-refractivity contribution >= 4 is 0 Å². The summed E-state index contributed by atoms with van der Waals surface area (Å²) in [6.45, 7) is 2.99. The standard InChI is InChI=1S/C6H8F2N2O.C2H6/c1-4-3-5(11-2)10(9-4)6(7)8;1-2/h3,6H,1-2H3;1-2H3. The van der Waals surface area contributed by atoms with Crippen LogP contribution in [0.2, 0.25) is 0 Å². The molecule has 0 saturated heterocycles. The zero-order valence-corrected chi connectivity index (χ0v) is 8.21. The number of rotatable bonds is 2. The molecule has 0 aliphatic rings. The molecule has 0 unspecified atom stereocenters. The van der Waals surface area contributed by atoms with Crippen molar-refractivity contribution < 1.29 is 13.5 Å². The lowest BCUT2D eigenvalue weighted by atomic mass is 10.5. The van der Waals surface area contributed by atoms with E-state index in [0.717, 1.165) is 0 Å². The van der Waals surface area contributed by atoms with Crippen molar-refractivity contribution in [1.29, 1.82) is 0 Å². The summed E-state index contributed by atoms with van der Waals surface area (Å²) >= 11 is 0. The number of hydrogen-bond acceptors (Lipinski definition) is 2. The second-order valence-corrected chi connectivity index (χ2v) is 2.05. The third-order valence-electron chi connectivity index (χ3n) is 1.22. The number of halogens is 2. The summed E-state index contributed by atoms with van der Waals surface area (Å²) in [6, 6.07) is 1.45. The maximum Gasteiger partial charge on any atom is 0.336 e. The molecule has 0 bridgehead atoms. The van der Waals surface area contributed by atoms with E-state index in [1.54, 1.807) is 6.92 Å². The van der Waals surface area contributed by atoms with Gasteiger partial charge in [-0.15, -0.1) is 0 Å². The van der Waals surface area contributed by atoms with Gasteiger partial charge in [0.2, 0.25) is 5.88 Å². The molecule has 0 spiro atoms. The molecular formula is C8H14F2N2O. The molecule has 1 rings (SSSR count). The molecule has 1 aromatic heterocycles. The van der Waals surface area contributed by atoms with Crippen molar-refractivity contribution in [2.45, 2.75) is 27.3 Å². The van der Waals surface area contributed by atoms with E-state index in [1.165, 1.54) is 13.2 Å². The Morgan fingerprint density at radius 3 is 2.31 bits per heavy atom. The second kappa shape index (κ2) is 5.50. The largest absolute Gasteiger partial charge is 0.481 e. The fourth-order valence-electron chi connectivity index (χ4n) is 0.785. The second-order valence-electron chi connectivity index (χ2n) is 2.05. The monoisotopic (exact) mass is 192 g/mol. The molecule has 76 valence electrons. The average Bonchev–Trinajstić information content (AvgIpc) is 2.50. The SMILES string of the molecule is CC.COc1cc(C)nn1C(F)F. The molecule has 0 amide bonds. The topological polar surface area (TPSA) is 27.1 Å². The van der Waals surface area contributed by atoms with E-state index in [0.29, 0.717) is 10.4 Å². The Morgan fingerprint density at radius 1 is 1.46 bits per heavy atom. The number of methoxy groups -OCH3 is 1. The molecule has 13 heavy (non-hydrogen) atoms.